The van der Waals surface area contributed by atoms with E-state index in [4.69, 9.17) is 10.3 Å². The van der Waals surface area contributed by atoms with E-state index in [1.54, 1.807) is 6.92 Å². The fourth-order valence-corrected chi connectivity index (χ4v) is 2.62. The molecular weight excluding hydrogens is 290 g/mol. The van der Waals surface area contributed by atoms with Crippen molar-refractivity contribution in [2.45, 2.75) is 51.6 Å². The van der Waals surface area contributed by atoms with Crippen LogP contribution >= 0.6 is 0 Å². The van der Waals surface area contributed by atoms with E-state index in [1.165, 1.54) is 15.3 Å². The van der Waals surface area contributed by atoms with Gasteiger partial charge in [-0.25, -0.2) is 4.79 Å². The molecule has 3 atom stereocenters. The number of ether oxygens (including phenoxy) is 1. The highest BCUT2D eigenvalue weighted by atomic mass is 16.5. The molecule has 22 heavy (non-hydrogen) atoms. The standard InChI is InChI=1S/C13H19N5O4/c1-3-4-17-12(20)8(2)6-18(13(17)21)11-5-9(15-16-14)10(7-19)22-11/h6,9-11,19H,3-5,7H2,1-2H3/t9-,10+,11+/m0/s1. The van der Waals surface area contributed by atoms with Gasteiger partial charge in [0.25, 0.3) is 5.56 Å². The average molecular weight is 309 g/mol. The number of nitrogens with zero attached hydrogens (tertiary/aromatic N) is 5. The average Bonchev–Trinajstić information content (AvgIpc) is 2.90. The number of aliphatic hydroxyl groups excluding tert-OH is 1. The van der Waals surface area contributed by atoms with Crippen LogP contribution < -0.4 is 11.2 Å². The summed E-state index contributed by atoms with van der Waals surface area (Å²) in [6, 6.07) is -0.543. The van der Waals surface area contributed by atoms with E-state index in [-0.39, 0.29) is 18.6 Å². The van der Waals surface area contributed by atoms with E-state index in [2.05, 4.69) is 10.0 Å². The van der Waals surface area contributed by atoms with Gasteiger partial charge in [-0.1, -0.05) is 12.0 Å². The maximum atomic E-state index is 12.5. The van der Waals surface area contributed by atoms with Crippen molar-refractivity contribution in [1.82, 2.24) is 9.13 Å². The van der Waals surface area contributed by atoms with Crippen LogP contribution in [0.3, 0.4) is 0 Å². The summed E-state index contributed by atoms with van der Waals surface area (Å²) in [4.78, 5) is 27.2. The third-order valence-corrected chi connectivity index (χ3v) is 3.71. The first-order valence-electron chi connectivity index (χ1n) is 7.16. The highest BCUT2D eigenvalue weighted by Gasteiger charge is 2.36. The maximum absolute atomic E-state index is 12.5. The Morgan fingerprint density at radius 2 is 2.27 bits per heavy atom. The molecule has 1 aliphatic heterocycles. The third kappa shape index (κ3) is 2.92. The minimum absolute atomic E-state index is 0.277. The number of rotatable bonds is 5. The van der Waals surface area contributed by atoms with Gasteiger partial charge in [0.1, 0.15) is 6.23 Å². The first kappa shape index (κ1) is 16.3. The molecule has 9 nitrogen and oxygen atoms in total. The molecule has 0 unspecified atom stereocenters. The van der Waals surface area contributed by atoms with Gasteiger partial charge in [0.05, 0.1) is 18.8 Å². The minimum Gasteiger partial charge on any atom is -0.394 e. The second kappa shape index (κ2) is 6.78. The van der Waals surface area contributed by atoms with Crippen molar-refractivity contribution in [3.63, 3.8) is 0 Å². The van der Waals surface area contributed by atoms with Gasteiger partial charge in [0.15, 0.2) is 0 Å². The van der Waals surface area contributed by atoms with Crippen LogP contribution in [0.15, 0.2) is 20.9 Å². The first-order chi connectivity index (χ1) is 10.5. The van der Waals surface area contributed by atoms with E-state index >= 15 is 0 Å². The molecule has 1 N–H and O–H groups in total. The molecule has 1 aliphatic rings. The van der Waals surface area contributed by atoms with E-state index in [0.29, 0.717) is 18.5 Å². The lowest BCUT2D eigenvalue weighted by Crippen LogP contribution is -2.42. The van der Waals surface area contributed by atoms with Crippen molar-refractivity contribution in [1.29, 1.82) is 0 Å². The quantitative estimate of drug-likeness (QED) is 0.488. The predicted molar refractivity (Wildman–Crippen MR) is 78.5 cm³/mol. The molecule has 2 heterocycles. The van der Waals surface area contributed by atoms with Crippen LogP contribution in [0.4, 0.5) is 0 Å². The topological polar surface area (TPSA) is 122 Å². The number of aromatic nitrogens is 2. The monoisotopic (exact) mass is 309 g/mol. The lowest BCUT2D eigenvalue weighted by Gasteiger charge is -2.17. The Hall–Kier alpha value is -2.09. The van der Waals surface area contributed by atoms with Crippen molar-refractivity contribution in [3.05, 3.63) is 43.0 Å². The SMILES string of the molecule is CCCn1c(=O)c(C)cn([C@H]2C[C@H](N=[N+]=[N-])[C@@H](CO)O2)c1=O. The summed E-state index contributed by atoms with van der Waals surface area (Å²) in [6.07, 6.45) is 1.07. The van der Waals surface area contributed by atoms with Crippen molar-refractivity contribution >= 4 is 0 Å². The molecule has 1 aromatic heterocycles. The van der Waals surface area contributed by atoms with E-state index in [0.717, 1.165) is 0 Å². The molecule has 0 amide bonds. The summed E-state index contributed by atoms with van der Waals surface area (Å²) >= 11 is 0. The van der Waals surface area contributed by atoms with Crippen molar-refractivity contribution in [3.8, 4) is 0 Å². The second-order valence-corrected chi connectivity index (χ2v) is 5.28. The Balaban J connectivity index is 2.44. The normalized spacial score (nSPS) is 24.2. The molecular formula is C13H19N5O4. The van der Waals surface area contributed by atoms with Gasteiger partial charge >= 0.3 is 5.69 Å². The van der Waals surface area contributed by atoms with Crippen molar-refractivity contribution in [2.24, 2.45) is 5.11 Å². The zero-order valence-corrected chi connectivity index (χ0v) is 12.5. The molecule has 120 valence electrons. The summed E-state index contributed by atoms with van der Waals surface area (Å²) in [5.41, 5.74) is 8.22. The molecule has 9 heteroatoms. The fourth-order valence-electron chi connectivity index (χ4n) is 2.62. The van der Waals surface area contributed by atoms with Crippen LogP contribution in [0.1, 0.15) is 31.6 Å². The molecule has 0 bridgehead atoms. The molecule has 1 aromatic rings. The number of hydrogen-bond donors (Lipinski definition) is 1. The van der Waals surface area contributed by atoms with Gasteiger partial charge in [0, 0.05) is 29.6 Å². The molecule has 1 fully saturated rings. The Morgan fingerprint density at radius 3 is 2.86 bits per heavy atom. The van der Waals surface area contributed by atoms with Crippen LogP contribution in [0.2, 0.25) is 0 Å². The van der Waals surface area contributed by atoms with E-state index in [9.17, 15) is 14.7 Å². The highest BCUT2D eigenvalue weighted by molar-refractivity contribution is 5.04. The Labute approximate surface area is 126 Å². The van der Waals surface area contributed by atoms with Crippen LogP contribution in [0.5, 0.6) is 0 Å². The number of aliphatic hydroxyl groups is 1. The Kier molecular flexibility index (Phi) is 5.02. The minimum atomic E-state index is -0.664. The van der Waals surface area contributed by atoms with Crippen LogP contribution in [0, 0.1) is 6.92 Å². The smallest absolute Gasteiger partial charge is 0.333 e. The molecule has 0 radical (unpaired) electrons. The highest BCUT2D eigenvalue weighted by Crippen LogP contribution is 2.29. The lowest BCUT2D eigenvalue weighted by molar-refractivity contribution is -0.0277. The van der Waals surface area contributed by atoms with Crippen molar-refractivity contribution in [2.75, 3.05) is 6.61 Å². The zero-order chi connectivity index (χ0) is 16.3. The Bertz CT molecular complexity index is 703. The molecule has 0 spiro atoms. The maximum Gasteiger partial charge on any atom is 0.333 e. The number of azide groups is 1. The van der Waals surface area contributed by atoms with Gasteiger partial charge in [0.2, 0.25) is 0 Å². The summed E-state index contributed by atoms with van der Waals surface area (Å²) in [5, 5.41) is 12.9. The van der Waals surface area contributed by atoms with E-state index < -0.39 is 24.1 Å². The summed E-state index contributed by atoms with van der Waals surface area (Å²) in [5.74, 6) is 0. The van der Waals surface area contributed by atoms with Crippen LogP contribution in [-0.4, -0.2) is 33.0 Å². The molecule has 0 aliphatic carbocycles. The molecule has 1 saturated heterocycles. The summed E-state index contributed by atoms with van der Waals surface area (Å²) in [6.45, 7) is 3.54. The number of hydrogen-bond acceptors (Lipinski definition) is 5. The van der Waals surface area contributed by atoms with Gasteiger partial charge in [-0.15, -0.1) is 0 Å². The van der Waals surface area contributed by atoms with Gasteiger partial charge in [-0.05, 0) is 18.9 Å². The van der Waals surface area contributed by atoms with Crippen molar-refractivity contribution < 1.29 is 9.84 Å². The van der Waals surface area contributed by atoms with Gasteiger partial charge in [-0.3, -0.25) is 13.9 Å². The first-order valence-corrected chi connectivity index (χ1v) is 7.16. The summed E-state index contributed by atoms with van der Waals surface area (Å²) in [7, 11) is 0. The van der Waals surface area contributed by atoms with Gasteiger partial charge < -0.3 is 9.84 Å². The van der Waals surface area contributed by atoms with Crippen LogP contribution in [-0.2, 0) is 11.3 Å². The predicted octanol–water partition coefficient (Wildman–Crippen LogP) is 0.687. The largest absolute Gasteiger partial charge is 0.394 e. The van der Waals surface area contributed by atoms with Gasteiger partial charge in [-0.2, -0.15) is 0 Å². The summed E-state index contributed by atoms with van der Waals surface area (Å²) < 4.78 is 8.11. The lowest BCUT2D eigenvalue weighted by atomic mass is 10.1. The second-order valence-electron chi connectivity index (χ2n) is 5.28. The third-order valence-electron chi connectivity index (χ3n) is 3.71. The molecule has 2 rings (SSSR count). The molecule has 0 saturated carbocycles. The molecule has 0 aromatic carbocycles. The number of aryl methyl sites for hydroxylation is 1. The zero-order valence-electron chi connectivity index (χ0n) is 12.5. The van der Waals surface area contributed by atoms with E-state index in [1.807, 2.05) is 6.92 Å². The fraction of sp³-hybridized carbons (Fsp3) is 0.692. The Morgan fingerprint density at radius 1 is 1.55 bits per heavy atom. The van der Waals surface area contributed by atoms with Crippen LogP contribution in [0.25, 0.3) is 10.4 Å².